The molecule has 2 atom stereocenters. The van der Waals surface area contributed by atoms with Crippen molar-refractivity contribution in [3.05, 3.63) is 35.9 Å². The van der Waals surface area contributed by atoms with Crippen LogP contribution >= 0.6 is 24.0 Å². The zero-order valence-corrected chi connectivity index (χ0v) is 19.3. The van der Waals surface area contributed by atoms with Gasteiger partial charge < -0.3 is 15.7 Å². The number of benzene rings is 1. The highest BCUT2D eigenvalue weighted by Gasteiger charge is 2.41. The lowest BCUT2D eigenvalue weighted by molar-refractivity contribution is -0.0236. The summed E-state index contributed by atoms with van der Waals surface area (Å²) in [5, 5.41) is 17.4. The summed E-state index contributed by atoms with van der Waals surface area (Å²) in [4.78, 5) is 7.41. The third kappa shape index (κ3) is 5.19. The van der Waals surface area contributed by atoms with Crippen LogP contribution in [0.2, 0.25) is 0 Å². The Labute approximate surface area is 186 Å². The van der Waals surface area contributed by atoms with Gasteiger partial charge in [-0.25, -0.2) is 0 Å². The number of halogens is 1. The van der Waals surface area contributed by atoms with Gasteiger partial charge in [0.05, 0.1) is 12.1 Å². The SMILES string of the molecule is CCNC(=NCC1(O)CCC1)NC1CC2CCC(C1)N2Cc1ccccc1.I. The van der Waals surface area contributed by atoms with Gasteiger partial charge in [0.1, 0.15) is 0 Å². The number of hydrogen-bond donors (Lipinski definition) is 3. The summed E-state index contributed by atoms with van der Waals surface area (Å²) >= 11 is 0. The van der Waals surface area contributed by atoms with Crippen molar-refractivity contribution in [1.29, 1.82) is 0 Å². The molecule has 0 spiro atoms. The molecule has 2 unspecified atom stereocenters. The van der Waals surface area contributed by atoms with Gasteiger partial charge in [0.2, 0.25) is 0 Å². The van der Waals surface area contributed by atoms with Crippen LogP contribution in [0.15, 0.2) is 35.3 Å². The first-order valence-corrected chi connectivity index (χ1v) is 10.7. The molecule has 2 saturated heterocycles. The zero-order chi connectivity index (χ0) is 18.7. The molecule has 2 heterocycles. The number of aliphatic hydroxyl groups is 1. The number of piperidine rings is 1. The number of guanidine groups is 1. The molecule has 6 heteroatoms. The summed E-state index contributed by atoms with van der Waals surface area (Å²) < 4.78 is 0. The van der Waals surface area contributed by atoms with Crippen LogP contribution in [0.4, 0.5) is 0 Å². The summed E-state index contributed by atoms with van der Waals surface area (Å²) in [6, 6.07) is 12.7. The first-order chi connectivity index (χ1) is 13.1. The molecule has 2 bridgehead atoms. The molecule has 28 heavy (non-hydrogen) atoms. The van der Waals surface area contributed by atoms with E-state index in [0.29, 0.717) is 24.7 Å². The molecular weight excluding hydrogens is 463 g/mol. The molecule has 3 N–H and O–H groups in total. The Morgan fingerprint density at radius 2 is 1.86 bits per heavy atom. The first-order valence-electron chi connectivity index (χ1n) is 10.7. The van der Waals surface area contributed by atoms with Gasteiger partial charge in [0, 0.05) is 31.2 Å². The van der Waals surface area contributed by atoms with Gasteiger partial charge in [-0.1, -0.05) is 30.3 Å². The van der Waals surface area contributed by atoms with Gasteiger partial charge in [-0.15, -0.1) is 24.0 Å². The quantitative estimate of drug-likeness (QED) is 0.320. The maximum absolute atomic E-state index is 10.3. The Bertz CT molecular complexity index is 635. The van der Waals surface area contributed by atoms with Gasteiger partial charge >= 0.3 is 0 Å². The number of nitrogens with one attached hydrogen (secondary N) is 2. The lowest BCUT2D eigenvalue weighted by atomic mass is 9.80. The van der Waals surface area contributed by atoms with E-state index in [2.05, 4.69) is 57.8 Å². The number of fused-ring (bicyclic) bond motifs is 2. The third-order valence-electron chi connectivity index (χ3n) is 6.59. The molecule has 0 radical (unpaired) electrons. The highest BCUT2D eigenvalue weighted by Crippen LogP contribution is 2.37. The van der Waals surface area contributed by atoms with Gasteiger partial charge in [-0.3, -0.25) is 9.89 Å². The first kappa shape index (κ1) is 21.8. The minimum atomic E-state index is -0.555. The second-order valence-electron chi connectivity index (χ2n) is 8.63. The standard InChI is InChI=1S/C22H34N4O.HI/c1-2-23-21(24-16-22(27)11-6-12-22)25-18-13-19-9-10-20(14-18)26(19)15-17-7-4-3-5-8-17;/h3-5,7-8,18-20,27H,2,6,9-16H2,1H3,(H2,23,24,25);1H. The fourth-order valence-corrected chi connectivity index (χ4v) is 4.93. The average Bonchev–Trinajstić information content (AvgIpc) is 2.88. The number of rotatable bonds is 6. The van der Waals surface area contributed by atoms with Crippen molar-refractivity contribution < 1.29 is 5.11 Å². The molecule has 5 nitrogen and oxygen atoms in total. The molecule has 0 amide bonds. The third-order valence-corrected chi connectivity index (χ3v) is 6.59. The van der Waals surface area contributed by atoms with Crippen molar-refractivity contribution in [2.45, 2.75) is 82.1 Å². The van der Waals surface area contributed by atoms with E-state index in [1.54, 1.807) is 0 Å². The van der Waals surface area contributed by atoms with Crippen molar-refractivity contribution in [3.8, 4) is 0 Å². The van der Waals surface area contributed by atoms with E-state index in [4.69, 9.17) is 0 Å². The minimum absolute atomic E-state index is 0. The number of hydrogen-bond acceptors (Lipinski definition) is 3. The average molecular weight is 498 g/mol. The maximum atomic E-state index is 10.3. The van der Waals surface area contributed by atoms with Crippen molar-refractivity contribution in [1.82, 2.24) is 15.5 Å². The van der Waals surface area contributed by atoms with Gasteiger partial charge in [-0.2, -0.15) is 0 Å². The summed E-state index contributed by atoms with van der Waals surface area (Å²) in [6.45, 7) is 4.54. The van der Waals surface area contributed by atoms with Gasteiger partial charge in [-0.05, 0) is 57.4 Å². The van der Waals surface area contributed by atoms with Crippen molar-refractivity contribution in [2.75, 3.05) is 13.1 Å². The Balaban J connectivity index is 0.00000225. The second kappa shape index (κ2) is 9.76. The largest absolute Gasteiger partial charge is 0.388 e. The van der Waals surface area contributed by atoms with Crippen LogP contribution in [0.3, 0.4) is 0 Å². The number of nitrogens with zero attached hydrogens (tertiary/aromatic N) is 2. The normalized spacial score (nSPS) is 28.9. The van der Waals surface area contributed by atoms with E-state index in [1.165, 1.54) is 31.2 Å². The number of aliphatic imine (C=N–C) groups is 1. The molecule has 0 aromatic heterocycles. The fraction of sp³-hybridized carbons (Fsp3) is 0.682. The maximum Gasteiger partial charge on any atom is 0.191 e. The molecule has 2 aliphatic heterocycles. The molecule has 3 fully saturated rings. The van der Waals surface area contributed by atoms with E-state index >= 15 is 0 Å². The van der Waals surface area contributed by atoms with E-state index in [9.17, 15) is 5.11 Å². The monoisotopic (exact) mass is 498 g/mol. The van der Waals surface area contributed by atoms with Crippen LogP contribution in [0.25, 0.3) is 0 Å². The molecule has 3 aliphatic rings. The Morgan fingerprint density at radius 1 is 1.18 bits per heavy atom. The van der Waals surface area contributed by atoms with E-state index in [1.807, 2.05) is 0 Å². The summed E-state index contributed by atoms with van der Waals surface area (Å²) in [5.74, 6) is 0.874. The van der Waals surface area contributed by atoms with Gasteiger partial charge in [0.15, 0.2) is 5.96 Å². The predicted octanol–water partition coefficient (Wildman–Crippen LogP) is 3.27. The van der Waals surface area contributed by atoms with Gasteiger partial charge in [0.25, 0.3) is 0 Å². The molecule has 1 aromatic carbocycles. The predicted molar refractivity (Wildman–Crippen MR) is 125 cm³/mol. The van der Waals surface area contributed by atoms with E-state index < -0.39 is 5.60 Å². The molecular formula is C22H35IN4O. The summed E-state index contributed by atoms with van der Waals surface area (Å²) in [7, 11) is 0. The van der Waals surface area contributed by atoms with Crippen LogP contribution in [0.1, 0.15) is 57.4 Å². The second-order valence-corrected chi connectivity index (χ2v) is 8.63. The molecule has 1 aromatic rings. The molecule has 4 rings (SSSR count). The minimum Gasteiger partial charge on any atom is -0.388 e. The lowest BCUT2D eigenvalue weighted by Crippen LogP contribution is -2.52. The van der Waals surface area contributed by atoms with E-state index in [-0.39, 0.29) is 24.0 Å². The van der Waals surface area contributed by atoms with Crippen molar-refractivity contribution >= 4 is 29.9 Å². The van der Waals surface area contributed by atoms with Crippen LogP contribution in [0, 0.1) is 0 Å². The Kier molecular flexibility index (Phi) is 7.61. The summed E-state index contributed by atoms with van der Waals surface area (Å²) in [6.07, 6.45) is 7.87. The molecule has 1 saturated carbocycles. The van der Waals surface area contributed by atoms with Crippen LogP contribution < -0.4 is 10.6 Å². The molecule has 1 aliphatic carbocycles. The van der Waals surface area contributed by atoms with Crippen LogP contribution in [0.5, 0.6) is 0 Å². The Morgan fingerprint density at radius 3 is 2.43 bits per heavy atom. The van der Waals surface area contributed by atoms with Crippen molar-refractivity contribution in [2.24, 2.45) is 4.99 Å². The fourth-order valence-electron chi connectivity index (χ4n) is 4.93. The lowest BCUT2D eigenvalue weighted by Gasteiger charge is -2.40. The highest BCUT2D eigenvalue weighted by atomic mass is 127. The summed E-state index contributed by atoms with van der Waals surface area (Å²) in [5.41, 5.74) is 0.866. The highest BCUT2D eigenvalue weighted by molar-refractivity contribution is 14.0. The van der Waals surface area contributed by atoms with E-state index in [0.717, 1.165) is 38.3 Å². The Hall–Kier alpha value is -0.860. The topological polar surface area (TPSA) is 59.9 Å². The smallest absolute Gasteiger partial charge is 0.191 e. The van der Waals surface area contributed by atoms with Crippen LogP contribution in [-0.2, 0) is 6.54 Å². The zero-order valence-electron chi connectivity index (χ0n) is 16.9. The molecule has 156 valence electrons. The van der Waals surface area contributed by atoms with Crippen molar-refractivity contribution in [3.63, 3.8) is 0 Å². The van der Waals surface area contributed by atoms with Crippen LogP contribution in [-0.4, -0.2) is 52.8 Å².